The highest BCUT2D eigenvalue weighted by Gasteiger charge is 2.25. The zero-order valence-electron chi connectivity index (χ0n) is 10.5. The summed E-state index contributed by atoms with van der Waals surface area (Å²) in [5, 5.41) is 0. The minimum absolute atomic E-state index is 0.218. The van der Waals surface area contributed by atoms with Crippen molar-refractivity contribution >= 4 is 15.8 Å². The topological polar surface area (TPSA) is 76.3 Å². The predicted octanol–water partition coefficient (Wildman–Crippen LogP) is 1.47. The lowest BCUT2D eigenvalue weighted by Gasteiger charge is -2.20. The van der Waals surface area contributed by atoms with Gasteiger partial charge in [-0.3, -0.25) is 0 Å². The molecule has 0 amide bonds. The first kappa shape index (κ1) is 13.3. The fourth-order valence-corrected chi connectivity index (χ4v) is 3.69. The van der Waals surface area contributed by atoms with Crippen molar-refractivity contribution in [3.05, 3.63) is 18.3 Å². The Morgan fingerprint density at radius 3 is 2.72 bits per heavy atom. The van der Waals surface area contributed by atoms with E-state index in [1.165, 1.54) is 35.5 Å². The lowest BCUT2D eigenvalue weighted by atomic mass is 10.1. The SMILES string of the molecule is CN(CC1CCCC1)S(=O)(=O)c1ccnc(N)c1. The number of sulfonamides is 1. The fraction of sp³-hybridized carbons (Fsp3) is 0.583. The van der Waals surface area contributed by atoms with Gasteiger partial charge in [-0.1, -0.05) is 12.8 Å². The third kappa shape index (κ3) is 2.81. The van der Waals surface area contributed by atoms with Gasteiger partial charge in [0.1, 0.15) is 5.82 Å². The number of nitrogens with two attached hydrogens (primary N) is 1. The first-order valence-corrected chi connectivity index (χ1v) is 7.62. The van der Waals surface area contributed by atoms with E-state index in [0.29, 0.717) is 12.5 Å². The normalized spacial score (nSPS) is 17.4. The summed E-state index contributed by atoms with van der Waals surface area (Å²) in [5.74, 6) is 0.717. The molecule has 100 valence electrons. The summed E-state index contributed by atoms with van der Waals surface area (Å²) in [6.45, 7) is 0.588. The van der Waals surface area contributed by atoms with E-state index in [4.69, 9.17) is 5.73 Å². The molecule has 0 radical (unpaired) electrons. The number of nitrogen functional groups attached to an aromatic ring is 1. The Balaban J connectivity index is 2.14. The maximum absolute atomic E-state index is 12.3. The van der Waals surface area contributed by atoms with Gasteiger partial charge in [-0.25, -0.2) is 17.7 Å². The van der Waals surface area contributed by atoms with E-state index >= 15 is 0 Å². The number of pyridine rings is 1. The van der Waals surface area contributed by atoms with Crippen LogP contribution in [0.25, 0.3) is 0 Å². The van der Waals surface area contributed by atoms with Crippen LogP contribution in [-0.4, -0.2) is 31.3 Å². The van der Waals surface area contributed by atoms with E-state index in [-0.39, 0.29) is 10.7 Å². The molecular formula is C12H19N3O2S. The molecule has 0 spiro atoms. The maximum Gasteiger partial charge on any atom is 0.243 e. The minimum atomic E-state index is -3.44. The van der Waals surface area contributed by atoms with Gasteiger partial charge >= 0.3 is 0 Å². The summed E-state index contributed by atoms with van der Waals surface area (Å²) in [6, 6.07) is 2.89. The second-order valence-corrected chi connectivity index (χ2v) is 6.90. The molecule has 1 aromatic heterocycles. The molecule has 0 unspecified atom stereocenters. The first-order chi connectivity index (χ1) is 8.50. The molecule has 1 aromatic rings. The highest BCUT2D eigenvalue weighted by Crippen LogP contribution is 2.27. The number of anilines is 1. The third-order valence-electron chi connectivity index (χ3n) is 3.45. The Hall–Kier alpha value is -1.14. The van der Waals surface area contributed by atoms with E-state index < -0.39 is 10.0 Å². The molecular weight excluding hydrogens is 250 g/mol. The van der Waals surface area contributed by atoms with Crippen molar-refractivity contribution in [3.8, 4) is 0 Å². The van der Waals surface area contributed by atoms with E-state index in [1.54, 1.807) is 7.05 Å². The Labute approximate surface area is 108 Å². The van der Waals surface area contributed by atoms with Crippen LogP contribution in [-0.2, 0) is 10.0 Å². The maximum atomic E-state index is 12.3. The molecule has 1 aliphatic carbocycles. The molecule has 1 aliphatic rings. The zero-order valence-corrected chi connectivity index (χ0v) is 11.4. The molecule has 6 heteroatoms. The van der Waals surface area contributed by atoms with Crippen molar-refractivity contribution < 1.29 is 8.42 Å². The van der Waals surface area contributed by atoms with Crippen molar-refractivity contribution in [1.82, 2.24) is 9.29 Å². The Morgan fingerprint density at radius 2 is 2.11 bits per heavy atom. The Morgan fingerprint density at radius 1 is 1.44 bits per heavy atom. The second-order valence-electron chi connectivity index (χ2n) is 4.85. The number of rotatable bonds is 4. The predicted molar refractivity (Wildman–Crippen MR) is 70.4 cm³/mol. The fourth-order valence-electron chi connectivity index (χ4n) is 2.42. The van der Waals surface area contributed by atoms with Crippen LogP contribution in [0.15, 0.2) is 23.2 Å². The van der Waals surface area contributed by atoms with Gasteiger partial charge < -0.3 is 5.73 Å². The van der Waals surface area contributed by atoms with Crippen LogP contribution in [0, 0.1) is 5.92 Å². The van der Waals surface area contributed by atoms with Gasteiger partial charge in [0.15, 0.2) is 0 Å². The lowest BCUT2D eigenvalue weighted by molar-refractivity contribution is 0.387. The number of aromatic nitrogens is 1. The second kappa shape index (κ2) is 5.24. The summed E-state index contributed by atoms with van der Waals surface area (Å²) in [7, 11) is -1.81. The molecule has 0 aromatic carbocycles. The summed E-state index contributed by atoms with van der Waals surface area (Å²) < 4.78 is 26.1. The largest absolute Gasteiger partial charge is 0.384 e. The minimum Gasteiger partial charge on any atom is -0.384 e. The Bertz CT molecular complexity index is 510. The molecule has 5 nitrogen and oxygen atoms in total. The average Bonchev–Trinajstić information content (AvgIpc) is 2.81. The van der Waals surface area contributed by atoms with E-state index in [1.807, 2.05) is 0 Å². The molecule has 0 saturated heterocycles. The third-order valence-corrected chi connectivity index (χ3v) is 5.27. The summed E-state index contributed by atoms with van der Waals surface area (Å²) >= 11 is 0. The molecule has 1 fully saturated rings. The van der Waals surface area contributed by atoms with Crippen LogP contribution in [0.1, 0.15) is 25.7 Å². The smallest absolute Gasteiger partial charge is 0.243 e. The van der Waals surface area contributed by atoms with Gasteiger partial charge in [0.25, 0.3) is 0 Å². The molecule has 2 N–H and O–H groups in total. The lowest BCUT2D eigenvalue weighted by Crippen LogP contribution is -2.31. The van der Waals surface area contributed by atoms with E-state index in [9.17, 15) is 8.42 Å². The van der Waals surface area contributed by atoms with Crippen molar-refractivity contribution in [1.29, 1.82) is 0 Å². The molecule has 2 rings (SSSR count). The van der Waals surface area contributed by atoms with Crippen LogP contribution in [0.2, 0.25) is 0 Å². The number of hydrogen-bond donors (Lipinski definition) is 1. The van der Waals surface area contributed by atoms with Crippen molar-refractivity contribution in [2.45, 2.75) is 30.6 Å². The van der Waals surface area contributed by atoms with Crippen LogP contribution < -0.4 is 5.73 Å². The standard InChI is InChI=1S/C12H19N3O2S/c1-15(9-10-4-2-3-5-10)18(16,17)11-6-7-14-12(13)8-11/h6-8,10H,2-5,9H2,1H3,(H2,13,14). The van der Waals surface area contributed by atoms with Crippen molar-refractivity contribution in [2.24, 2.45) is 5.92 Å². The van der Waals surface area contributed by atoms with Crippen molar-refractivity contribution in [3.63, 3.8) is 0 Å². The van der Waals surface area contributed by atoms with Crippen LogP contribution in [0.3, 0.4) is 0 Å². The van der Waals surface area contributed by atoms with E-state index in [2.05, 4.69) is 4.98 Å². The quantitative estimate of drug-likeness (QED) is 0.898. The molecule has 0 aliphatic heterocycles. The van der Waals surface area contributed by atoms with Crippen LogP contribution in [0.5, 0.6) is 0 Å². The molecule has 18 heavy (non-hydrogen) atoms. The monoisotopic (exact) mass is 269 g/mol. The molecule has 0 bridgehead atoms. The van der Waals surface area contributed by atoms with E-state index in [0.717, 1.165) is 12.8 Å². The molecule has 1 heterocycles. The highest BCUT2D eigenvalue weighted by atomic mass is 32.2. The Kier molecular flexibility index (Phi) is 3.87. The van der Waals surface area contributed by atoms with Gasteiger partial charge in [0, 0.05) is 25.9 Å². The van der Waals surface area contributed by atoms with Crippen LogP contribution in [0.4, 0.5) is 5.82 Å². The zero-order chi connectivity index (χ0) is 13.2. The summed E-state index contributed by atoms with van der Waals surface area (Å²) in [5.41, 5.74) is 5.52. The molecule has 0 atom stereocenters. The van der Waals surface area contributed by atoms with Gasteiger partial charge in [-0.2, -0.15) is 0 Å². The first-order valence-electron chi connectivity index (χ1n) is 6.18. The average molecular weight is 269 g/mol. The van der Waals surface area contributed by atoms with Gasteiger partial charge in [-0.15, -0.1) is 0 Å². The van der Waals surface area contributed by atoms with Gasteiger partial charge in [-0.05, 0) is 24.8 Å². The number of hydrogen-bond acceptors (Lipinski definition) is 4. The summed E-state index contributed by atoms with van der Waals surface area (Å²) in [4.78, 5) is 4.03. The number of nitrogens with zero attached hydrogens (tertiary/aromatic N) is 2. The highest BCUT2D eigenvalue weighted by molar-refractivity contribution is 7.89. The summed E-state index contributed by atoms with van der Waals surface area (Å²) in [6.07, 6.45) is 6.09. The molecule has 1 saturated carbocycles. The van der Waals surface area contributed by atoms with Crippen LogP contribution >= 0.6 is 0 Å². The van der Waals surface area contributed by atoms with Gasteiger partial charge in [0.05, 0.1) is 4.90 Å². The van der Waals surface area contributed by atoms with Crippen molar-refractivity contribution in [2.75, 3.05) is 19.3 Å². The van der Waals surface area contributed by atoms with Gasteiger partial charge in [0.2, 0.25) is 10.0 Å².